The van der Waals surface area contributed by atoms with E-state index in [1.165, 1.54) is 23.1 Å². The Morgan fingerprint density at radius 1 is 1.29 bits per heavy atom. The molecule has 1 amide bonds. The van der Waals surface area contributed by atoms with Gasteiger partial charge in [0.05, 0.1) is 6.54 Å². The van der Waals surface area contributed by atoms with Crippen LogP contribution in [0.2, 0.25) is 0 Å². The van der Waals surface area contributed by atoms with E-state index in [2.05, 4.69) is 0 Å². The van der Waals surface area contributed by atoms with Crippen LogP contribution in [0.4, 0.5) is 4.39 Å². The van der Waals surface area contributed by atoms with Gasteiger partial charge in [-0.15, -0.1) is 0 Å². The lowest BCUT2D eigenvalue weighted by Gasteiger charge is -2.24. The number of likely N-dealkylation sites (tertiary alicyclic amines) is 1. The lowest BCUT2D eigenvalue weighted by molar-refractivity contribution is 0.00412. The van der Waals surface area contributed by atoms with Crippen LogP contribution in [-0.2, 0) is 0 Å². The van der Waals surface area contributed by atoms with Crippen LogP contribution in [-0.4, -0.2) is 41.2 Å². The van der Waals surface area contributed by atoms with Crippen molar-refractivity contribution >= 4 is 5.91 Å². The molecule has 3 rings (SSSR count). The Hall–Kier alpha value is -2.40. The maximum absolute atomic E-state index is 13.3. The summed E-state index contributed by atoms with van der Waals surface area (Å²) < 4.78 is 19.0. The minimum atomic E-state index is -1.09. The predicted molar refractivity (Wildman–Crippen MR) is 88.5 cm³/mol. The van der Waals surface area contributed by atoms with Gasteiger partial charge in [-0.05, 0) is 43.2 Å². The number of benzene rings is 2. The predicted octanol–water partition coefficient (Wildman–Crippen LogP) is 2.79. The van der Waals surface area contributed by atoms with E-state index in [1.54, 1.807) is 6.07 Å². The smallest absolute Gasteiger partial charge is 0.254 e. The van der Waals surface area contributed by atoms with Crippen molar-refractivity contribution < 1.29 is 19.0 Å². The van der Waals surface area contributed by atoms with Crippen molar-refractivity contribution in [1.82, 2.24) is 4.90 Å². The quantitative estimate of drug-likeness (QED) is 0.938. The summed E-state index contributed by atoms with van der Waals surface area (Å²) >= 11 is 0. The zero-order valence-electron chi connectivity index (χ0n) is 13.5. The van der Waals surface area contributed by atoms with Crippen LogP contribution >= 0.6 is 0 Å². The number of hydrogen-bond acceptors (Lipinski definition) is 3. The molecule has 0 bridgehead atoms. The number of nitrogens with zero attached hydrogens (tertiary/aromatic N) is 1. The first-order chi connectivity index (χ1) is 11.5. The molecular weight excluding hydrogens is 309 g/mol. The minimum absolute atomic E-state index is 0.116. The van der Waals surface area contributed by atoms with Crippen molar-refractivity contribution in [3.63, 3.8) is 0 Å². The van der Waals surface area contributed by atoms with Crippen molar-refractivity contribution in [2.24, 2.45) is 0 Å². The Morgan fingerprint density at radius 2 is 2.08 bits per heavy atom. The van der Waals surface area contributed by atoms with E-state index in [0.717, 1.165) is 11.3 Å². The Bertz CT molecular complexity index is 749. The first-order valence-electron chi connectivity index (χ1n) is 7.92. The van der Waals surface area contributed by atoms with Crippen molar-refractivity contribution in [1.29, 1.82) is 0 Å². The number of ether oxygens (including phenoxy) is 1. The standard InChI is InChI=1S/C19H20FNO3/c1-14-5-2-3-8-17(14)24-13-19(23)9-10-21(12-19)18(22)15-6-4-7-16(20)11-15/h2-8,11,23H,9-10,12-13H2,1H3/t19-/m0/s1. The van der Waals surface area contributed by atoms with Gasteiger partial charge in [-0.2, -0.15) is 0 Å². The van der Waals surface area contributed by atoms with E-state index in [4.69, 9.17) is 4.74 Å². The topological polar surface area (TPSA) is 49.8 Å². The summed E-state index contributed by atoms with van der Waals surface area (Å²) in [5.41, 5.74) is 0.191. The highest BCUT2D eigenvalue weighted by atomic mass is 19.1. The van der Waals surface area contributed by atoms with Crippen LogP contribution in [0.15, 0.2) is 48.5 Å². The maximum atomic E-state index is 13.3. The van der Waals surface area contributed by atoms with Crippen LogP contribution in [0.5, 0.6) is 5.75 Å². The van der Waals surface area contributed by atoms with E-state index in [-0.39, 0.29) is 19.1 Å². The van der Waals surface area contributed by atoms with Crippen LogP contribution in [0.3, 0.4) is 0 Å². The van der Waals surface area contributed by atoms with Gasteiger partial charge >= 0.3 is 0 Å². The zero-order valence-corrected chi connectivity index (χ0v) is 13.5. The average molecular weight is 329 g/mol. The summed E-state index contributed by atoms with van der Waals surface area (Å²) in [5.74, 6) is 0.000318. The summed E-state index contributed by atoms with van der Waals surface area (Å²) in [6.45, 7) is 2.65. The zero-order chi connectivity index (χ0) is 17.2. The molecule has 1 heterocycles. The number of para-hydroxylation sites is 1. The second-order valence-corrected chi connectivity index (χ2v) is 6.27. The Balaban J connectivity index is 1.63. The lowest BCUT2D eigenvalue weighted by atomic mass is 10.1. The molecule has 1 fully saturated rings. The van der Waals surface area contributed by atoms with Gasteiger partial charge in [0.1, 0.15) is 23.8 Å². The third kappa shape index (κ3) is 3.57. The van der Waals surface area contributed by atoms with Gasteiger partial charge in [-0.3, -0.25) is 4.79 Å². The molecule has 1 saturated heterocycles. The van der Waals surface area contributed by atoms with Gasteiger partial charge in [-0.25, -0.2) is 4.39 Å². The fourth-order valence-electron chi connectivity index (χ4n) is 2.88. The number of amides is 1. The van der Waals surface area contributed by atoms with Crippen molar-refractivity contribution in [3.05, 3.63) is 65.5 Å². The third-order valence-corrected chi connectivity index (χ3v) is 4.28. The average Bonchev–Trinajstić information content (AvgIpc) is 2.96. The molecule has 0 aliphatic carbocycles. The SMILES string of the molecule is Cc1ccccc1OC[C@]1(O)CCN(C(=O)c2cccc(F)c2)C1. The molecule has 4 nitrogen and oxygen atoms in total. The molecule has 1 aliphatic heterocycles. The molecule has 2 aromatic carbocycles. The number of halogens is 1. The normalized spacial score (nSPS) is 20.2. The highest BCUT2D eigenvalue weighted by Gasteiger charge is 2.39. The largest absolute Gasteiger partial charge is 0.490 e. The Morgan fingerprint density at radius 3 is 2.83 bits per heavy atom. The molecule has 24 heavy (non-hydrogen) atoms. The number of aryl methyl sites for hydroxylation is 1. The molecule has 1 atom stereocenters. The molecule has 0 unspecified atom stereocenters. The van der Waals surface area contributed by atoms with E-state index in [0.29, 0.717) is 18.5 Å². The highest BCUT2D eigenvalue weighted by Crippen LogP contribution is 2.25. The second kappa shape index (κ2) is 6.61. The molecule has 1 aliphatic rings. The van der Waals surface area contributed by atoms with Crippen LogP contribution in [0.1, 0.15) is 22.3 Å². The molecule has 0 spiro atoms. The summed E-state index contributed by atoms with van der Waals surface area (Å²) in [6.07, 6.45) is 0.430. The summed E-state index contributed by atoms with van der Waals surface area (Å²) in [7, 11) is 0. The van der Waals surface area contributed by atoms with Crippen LogP contribution in [0.25, 0.3) is 0 Å². The molecule has 0 aromatic heterocycles. The number of carbonyl (C=O) groups excluding carboxylic acids is 1. The molecule has 2 aromatic rings. The molecule has 5 heteroatoms. The minimum Gasteiger partial charge on any atom is -0.490 e. The first-order valence-corrected chi connectivity index (χ1v) is 7.92. The van der Waals surface area contributed by atoms with Crippen molar-refractivity contribution in [2.75, 3.05) is 19.7 Å². The Kier molecular flexibility index (Phi) is 4.53. The van der Waals surface area contributed by atoms with Crippen LogP contribution < -0.4 is 4.74 Å². The van der Waals surface area contributed by atoms with Gasteiger partial charge in [-0.1, -0.05) is 24.3 Å². The summed E-state index contributed by atoms with van der Waals surface area (Å²) in [5, 5.41) is 10.7. The number of carbonyl (C=O) groups is 1. The molecule has 126 valence electrons. The van der Waals surface area contributed by atoms with E-state index in [1.807, 2.05) is 31.2 Å². The first kappa shape index (κ1) is 16.5. The summed E-state index contributed by atoms with van der Waals surface area (Å²) in [4.78, 5) is 14.0. The van der Waals surface area contributed by atoms with Crippen molar-refractivity contribution in [2.45, 2.75) is 18.9 Å². The van der Waals surface area contributed by atoms with Gasteiger partial charge < -0.3 is 14.7 Å². The molecular formula is C19H20FNO3. The van der Waals surface area contributed by atoms with E-state index < -0.39 is 11.4 Å². The van der Waals surface area contributed by atoms with Crippen molar-refractivity contribution in [3.8, 4) is 5.75 Å². The van der Waals surface area contributed by atoms with E-state index in [9.17, 15) is 14.3 Å². The number of rotatable bonds is 4. The fraction of sp³-hybridized carbons (Fsp3) is 0.316. The molecule has 0 saturated carbocycles. The van der Waals surface area contributed by atoms with Gasteiger partial charge in [0.2, 0.25) is 0 Å². The number of aliphatic hydroxyl groups is 1. The van der Waals surface area contributed by atoms with E-state index >= 15 is 0 Å². The molecule has 1 N–H and O–H groups in total. The monoisotopic (exact) mass is 329 g/mol. The lowest BCUT2D eigenvalue weighted by Crippen LogP contribution is -2.40. The summed E-state index contributed by atoms with van der Waals surface area (Å²) in [6, 6.07) is 13.2. The van der Waals surface area contributed by atoms with Crippen LogP contribution in [0, 0.1) is 12.7 Å². The Labute approximate surface area is 140 Å². The molecule has 0 radical (unpaired) electrons. The fourth-order valence-corrected chi connectivity index (χ4v) is 2.88. The number of β-amino-alcohol motifs (C(OH)–C–C–N with tert-alkyl or cyclic N) is 1. The van der Waals surface area contributed by atoms with Gasteiger partial charge in [0.15, 0.2) is 0 Å². The van der Waals surface area contributed by atoms with Gasteiger partial charge in [0, 0.05) is 12.1 Å². The van der Waals surface area contributed by atoms with Gasteiger partial charge in [0.25, 0.3) is 5.91 Å². The highest BCUT2D eigenvalue weighted by molar-refractivity contribution is 5.94. The third-order valence-electron chi connectivity index (χ3n) is 4.28. The number of hydrogen-bond donors (Lipinski definition) is 1. The maximum Gasteiger partial charge on any atom is 0.254 e. The second-order valence-electron chi connectivity index (χ2n) is 6.27.